The molecule has 2 atom stereocenters. The molecule has 0 aromatic heterocycles. The fourth-order valence-corrected chi connectivity index (χ4v) is 2.50. The van der Waals surface area contributed by atoms with Crippen molar-refractivity contribution in [1.29, 1.82) is 0 Å². The van der Waals surface area contributed by atoms with Crippen LogP contribution in [0.25, 0.3) is 0 Å². The molecule has 3 heteroatoms. The van der Waals surface area contributed by atoms with E-state index in [1.54, 1.807) is 0 Å². The number of rotatable bonds is 3. The lowest BCUT2D eigenvalue weighted by atomic mass is 9.80. The first-order chi connectivity index (χ1) is 7.90. The highest BCUT2D eigenvalue weighted by Crippen LogP contribution is 2.30. The standard InChI is InChI=1S/C14H27NO2/c1-5-11-7-6-8-12(9-11)10-15-13(16)17-14(2,3)4/h11-12H,5-10H2,1-4H3,(H,15,16). The highest BCUT2D eigenvalue weighted by molar-refractivity contribution is 5.67. The van der Waals surface area contributed by atoms with E-state index in [2.05, 4.69) is 12.2 Å². The number of hydrogen-bond donors (Lipinski definition) is 1. The lowest BCUT2D eigenvalue weighted by molar-refractivity contribution is 0.0512. The Morgan fingerprint density at radius 3 is 2.53 bits per heavy atom. The van der Waals surface area contributed by atoms with Gasteiger partial charge in [0.1, 0.15) is 5.60 Å². The zero-order valence-corrected chi connectivity index (χ0v) is 11.7. The van der Waals surface area contributed by atoms with Gasteiger partial charge in [-0.2, -0.15) is 0 Å². The monoisotopic (exact) mass is 241 g/mol. The Hall–Kier alpha value is -0.730. The number of ether oxygens (including phenoxy) is 1. The van der Waals surface area contributed by atoms with Gasteiger partial charge in [0.15, 0.2) is 0 Å². The van der Waals surface area contributed by atoms with Gasteiger partial charge in [0.2, 0.25) is 0 Å². The van der Waals surface area contributed by atoms with Crippen LogP contribution in [0.5, 0.6) is 0 Å². The van der Waals surface area contributed by atoms with E-state index < -0.39 is 5.60 Å². The molecular weight excluding hydrogens is 214 g/mol. The average molecular weight is 241 g/mol. The second kappa shape index (κ2) is 6.27. The third kappa shape index (κ3) is 5.94. The van der Waals surface area contributed by atoms with Crippen molar-refractivity contribution in [2.75, 3.05) is 6.54 Å². The highest BCUT2D eigenvalue weighted by Gasteiger charge is 2.22. The van der Waals surface area contributed by atoms with E-state index in [4.69, 9.17) is 4.74 Å². The minimum atomic E-state index is -0.400. The molecule has 1 fully saturated rings. The highest BCUT2D eigenvalue weighted by atomic mass is 16.6. The average Bonchev–Trinajstić information content (AvgIpc) is 2.24. The Kier molecular flexibility index (Phi) is 5.29. The maximum absolute atomic E-state index is 11.5. The van der Waals surface area contributed by atoms with E-state index in [-0.39, 0.29) is 6.09 Å². The summed E-state index contributed by atoms with van der Waals surface area (Å²) >= 11 is 0. The van der Waals surface area contributed by atoms with Crippen molar-refractivity contribution in [3.05, 3.63) is 0 Å². The number of carbonyl (C=O) groups is 1. The second-order valence-corrected chi connectivity index (χ2v) is 6.19. The van der Waals surface area contributed by atoms with Gasteiger partial charge in [0, 0.05) is 6.54 Å². The molecule has 0 aliphatic heterocycles. The number of amides is 1. The zero-order valence-electron chi connectivity index (χ0n) is 11.7. The van der Waals surface area contributed by atoms with Crippen LogP contribution in [-0.2, 0) is 4.74 Å². The molecule has 0 radical (unpaired) electrons. The summed E-state index contributed by atoms with van der Waals surface area (Å²) in [6.07, 6.45) is 6.15. The molecule has 17 heavy (non-hydrogen) atoms. The molecule has 3 nitrogen and oxygen atoms in total. The van der Waals surface area contributed by atoms with Gasteiger partial charge in [0.05, 0.1) is 0 Å². The maximum Gasteiger partial charge on any atom is 0.407 e. The van der Waals surface area contributed by atoms with Crippen LogP contribution >= 0.6 is 0 Å². The lowest BCUT2D eigenvalue weighted by Crippen LogP contribution is -2.36. The molecule has 1 saturated carbocycles. The predicted octanol–water partition coefficient (Wildman–Crippen LogP) is 3.73. The van der Waals surface area contributed by atoms with Crippen LogP contribution in [0, 0.1) is 11.8 Å². The Morgan fingerprint density at radius 1 is 1.29 bits per heavy atom. The number of carbonyl (C=O) groups excluding carboxylic acids is 1. The molecule has 1 aliphatic rings. The van der Waals surface area contributed by atoms with Crippen LogP contribution in [-0.4, -0.2) is 18.2 Å². The van der Waals surface area contributed by atoms with Crippen molar-refractivity contribution >= 4 is 6.09 Å². The summed E-state index contributed by atoms with van der Waals surface area (Å²) in [5.41, 5.74) is -0.400. The van der Waals surface area contributed by atoms with E-state index in [0.29, 0.717) is 5.92 Å². The van der Waals surface area contributed by atoms with Gasteiger partial charge in [-0.1, -0.05) is 26.2 Å². The lowest BCUT2D eigenvalue weighted by Gasteiger charge is -2.29. The van der Waals surface area contributed by atoms with Crippen molar-refractivity contribution < 1.29 is 9.53 Å². The normalized spacial score (nSPS) is 25.4. The molecular formula is C14H27NO2. The summed E-state index contributed by atoms with van der Waals surface area (Å²) in [4.78, 5) is 11.5. The Balaban J connectivity index is 2.23. The number of alkyl carbamates (subject to hydrolysis) is 1. The first kappa shape index (κ1) is 14.3. The molecule has 1 N–H and O–H groups in total. The van der Waals surface area contributed by atoms with E-state index in [9.17, 15) is 4.79 Å². The molecule has 1 rings (SSSR count). The van der Waals surface area contributed by atoms with Crippen molar-refractivity contribution in [3.8, 4) is 0 Å². The third-order valence-corrected chi connectivity index (χ3v) is 3.40. The molecule has 2 unspecified atom stereocenters. The Morgan fingerprint density at radius 2 is 1.94 bits per heavy atom. The third-order valence-electron chi connectivity index (χ3n) is 3.40. The quantitative estimate of drug-likeness (QED) is 0.817. The zero-order chi connectivity index (χ0) is 12.9. The fourth-order valence-electron chi connectivity index (χ4n) is 2.50. The van der Waals surface area contributed by atoms with Crippen LogP contribution in [0.15, 0.2) is 0 Å². The van der Waals surface area contributed by atoms with Crippen LogP contribution in [0.4, 0.5) is 4.79 Å². The number of nitrogens with one attached hydrogen (secondary N) is 1. The van der Waals surface area contributed by atoms with Gasteiger partial charge >= 0.3 is 6.09 Å². The minimum Gasteiger partial charge on any atom is -0.444 e. The first-order valence-corrected chi connectivity index (χ1v) is 6.87. The minimum absolute atomic E-state index is 0.281. The van der Waals surface area contributed by atoms with Crippen LogP contribution in [0.1, 0.15) is 59.8 Å². The fraction of sp³-hybridized carbons (Fsp3) is 0.929. The summed E-state index contributed by atoms with van der Waals surface area (Å²) in [7, 11) is 0. The van der Waals surface area contributed by atoms with Gasteiger partial charge in [-0.3, -0.25) is 0 Å². The number of hydrogen-bond acceptors (Lipinski definition) is 2. The van der Waals surface area contributed by atoms with E-state index in [0.717, 1.165) is 12.5 Å². The molecule has 0 aromatic rings. The van der Waals surface area contributed by atoms with Gasteiger partial charge in [0.25, 0.3) is 0 Å². The van der Waals surface area contributed by atoms with E-state index >= 15 is 0 Å². The maximum atomic E-state index is 11.5. The van der Waals surface area contributed by atoms with Crippen molar-refractivity contribution in [2.24, 2.45) is 11.8 Å². The van der Waals surface area contributed by atoms with Crippen molar-refractivity contribution in [1.82, 2.24) is 5.32 Å². The summed E-state index contributed by atoms with van der Waals surface area (Å²) < 4.78 is 5.23. The van der Waals surface area contributed by atoms with Crippen LogP contribution in [0.2, 0.25) is 0 Å². The molecule has 0 saturated heterocycles. The smallest absolute Gasteiger partial charge is 0.407 e. The van der Waals surface area contributed by atoms with E-state index in [1.807, 2.05) is 20.8 Å². The van der Waals surface area contributed by atoms with Crippen molar-refractivity contribution in [3.63, 3.8) is 0 Å². The molecule has 0 bridgehead atoms. The van der Waals surface area contributed by atoms with Gasteiger partial charge in [-0.05, 0) is 45.4 Å². The molecule has 0 heterocycles. The predicted molar refractivity (Wildman–Crippen MR) is 70.0 cm³/mol. The first-order valence-electron chi connectivity index (χ1n) is 6.87. The molecule has 1 aliphatic carbocycles. The molecule has 100 valence electrons. The molecule has 0 aromatic carbocycles. The Labute approximate surface area is 105 Å². The molecule has 1 amide bonds. The van der Waals surface area contributed by atoms with Gasteiger partial charge in [-0.25, -0.2) is 4.79 Å². The van der Waals surface area contributed by atoms with Gasteiger partial charge < -0.3 is 10.1 Å². The summed E-state index contributed by atoms with van der Waals surface area (Å²) in [5.74, 6) is 1.50. The van der Waals surface area contributed by atoms with Crippen molar-refractivity contribution in [2.45, 2.75) is 65.4 Å². The topological polar surface area (TPSA) is 38.3 Å². The van der Waals surface area contributed by atoms with E-state index in [1.165, 1.54) is 32.1 Å². The Bertz CT molecular complexity index is 245. The second-order valence-electron chi connectivity index (χ2n) is 6.19. The largest absolute Gasteiger partial charge is 0.444 e. The summed E-state index contributed by atoms with van der Waals surface area (Å²) in [6.45, 7) is 8.70. The SMILES string of the molecule is CCC1CCCC(CNC(=O)OC(C)(C)C)C1. The van der Waals surface area contributed by atoms with Gasteiger partial charge in [-0.15, -0.1) is 0 Å². The molecule has 0 spiro atoms. The summed E-state index contributed by atoms with van der Waals surface area (Å²) in [6, 6.07) is 0. The van der Waals surface area contributed by atoms with Crippen LogP contribution < -0.4 is 5.32 Å². The van der Waals surface area contributed by atoms with Crippen LogP contribution in [0.3, 0.4) is 0 Å². The summed E-state index contributed by atoms with van der Waals surface area (Å²) in [5, 5.41) is 2.89.